The van der Waals surface area contributed by atoms with Crippen LogP contribution < -0.4 is 5.32 Å². The van der Waals surface area contributed by atoms with Crippen LogP contribution in [0.3, 0.4) is 0 Å². The fraction of sp³-hybridized carbons (Fsp3) is 0.538. The lowest BCUT2D eigenvalue weighted by Gasteiger charge is -2.29. The molecule has 2 rings (SSSR count). The normalized spacial score (nSPS) is 26.6. The first-order valence-corrected chi connectivity index (χ1v) is 5.60. The Morgan fingerprint density at radius 3 is 2.67 bits per heavy atom. The van der Waals surface area contributed by atoms with Crippen molar-refractivity contribution in [2.24, 2.45) is 0 Å². The van der Waals surface area contributed by atoms with E-state index in [1.807, 2.05) is 0 Å². The molecule has 2 nitrogen and oxygen atoms in total. The molecule has 0 saturated carbocycles. The molecule has 1 aromatic carbocycles. The first-order chi connectivity index (χ1) is 7.16. The van der Waals surface area contributed by atoms with Crippen molar-refractivity contribution >= 4 is 0 Å². The van der Waals surface area contributed by atoms with Crippen molar-refractivity contribution in [1.29, 1.82) is 0 Å². The predicted molar refractivity (Wildman–Crippen MR) is 62.1 cm³/mol. The molecule has 1 fully saturated rings. The lowest BCUT2D eigenvalue weighted by atomic mass is 10.0. The molecule has 0 aromatic heterocycles. The molecule has 0 bridgehead atoms. The van der Waals surface area contributed by atoms with E-state index in [-0.39, 0.29) is 6.10 Å². The van der Waals surface area contributed by atoms with Crippen LogP contribution in [0.1, 0.15) is 29.7 Å². The molecule has 2 unspecified atom stereocenters. The quantitative estimate of drug-likeness (QED) is 0.760. The van der Waals surface area contributed by atoms with Crippen LogP contribution in [0.15, 0.2) is 18.2 Å². The molecule has 1 heterocycles. The number of benzene rings is 1. The van der Waals surface area contributed by atoms with E-state index in [9.17, 15) is 0 Å². The van der Waals surface area contributed by atoms with Gasteiger partial charge < -0.3 is 10.1 Å². The highest BCUT2D eigenvalue weighted by atomic mass is 16.5. The molecule has 1 aliphatic rings. The molecular formula is C13H19NO. The lowest BCUT2D eigenvalue weighted by Crippen LogP contribution is -2.38. The molecule has 2 atom stereocenters. The molecule has 0 aliphatic carbocycles. The number of aryl methyl sites for hydroxylation is 2. The van der Waals surface area contributed by atoms with Crippen LogP contribution in [-0.2, 0) is 4.74 Å². The Bertz CT molecular complexity index is 348. The van der Waals surface area contributed by atoms with Crippen molar-refractivity contribution < 1.29 is 4.74 Å². The number of nitrogens with one attached hydrogen (secondary N) is 1. The maximum atomic E-state index is 5.90. The van der Waals surface area contributed by atoms with E-state index in [0.29, 0.717) is 6.10 Å². The Morgan fingerprint density at radius 1 is 1.20 bits per heavy atom. The van der Waals surface area contributed by atoms with Crippen LogP contribution in [0.25, 0.3) is 0 Å². The molecule has 1 N–H and O–H groups in total. The van der Waals surface area contributed by atoms with E-state index in [4.69, 9.17) is 4.74 Å². The Labute approximate surface area is 91.6 Å². The Morgan fingerprint density at radius 2 is 2.00 bits per heavy atom. The summed E-state index contributed by atoms with van der Waals surface area (Å²) in [7, 11) is 0. The first-order valence-electron chi connectivity index (χ1n) is 5.60. The van der Waals surface area contributed by atoms with Gasteiger partial charge in [0.15, 0.2) is 0 Å². The SMILES string of the molecule is Cc1ccc(C2CNCC(C)O2)cc1C. The average Bonchev–Trinajstić information content (AvgIpc) is 2.22. The zero-order chi connectivity index (χ0) is 10.8. The molecule has 1 aromatic rings. The van der Waals surface area contributed by atoms with E-state index >= 15 is 0 Å². The molecule has 0 spiro atoms. The van der Waals surface area contributed by atoms with Gasteiger partial charge in [-0.3, -0.25) is 0 Å². The van der Waals surface area contributed by atoms with Crippen LogP contribution in [0.2, 0.25) is 0 Å². The maximum absolute atomic E-state index is 5.90. The summed E-state index contributed by atoms with van der Waals surface area (Å²) in [6, 6.07) is 6.58. The smallest absolute Gasteiger partial charge is 0.0953 e. The summed E-state index contributed by atoms with van der Waals surface area (Å²) < 4.78 is 5.90. The van der Waals surface area contributed by atoms with Gasteiger partial charge in [0.1, 0.15) is 0 Å². The minimum Gasteiger partial charge on any atom is -0.368 e. The number of ether oxygens (including phenoxy) is 1. The standard InChI is InChI=1S/C13H19NO/c1-9-4-5-12(6-10(9)2)13-8-14-7-11(3)15-13/h4-6,11,13-14H,7-8H2,1-3H3. The van der Waals surface area contributed by atoms with Crippen LogP contribution in [0.5, 0.6) is 0 Å². The summed E-state index contributed by atoms with van der Waals surface area (Å²) in [5, 5.41) is 3.39. The third kappa shape index (κ3) is 2.39. The maximum Gasteiger partial charge on any atom is 0.0953 e. The largest absolute Gasteiger partial charge is 0.368 e. The van der Waals surface area contributed by atoms with Gasteiger partial charge >= 0.3 is 0 Å². The molecule has 1 saturated heterocycles. The fourth-order valence-electron chi connectivity index (χ4n) is 1.96. The monoisotopic (exact) mass is 205 g/mol. The summed E-state index contributed by atoms with van der Waals surface area (Å²) in [6.45, 7) is 8.29. The fourth-order valence-corrected chi connectivity index (χ4v) is 1.96. The van der Waals surface area contributed by atoms with Crippen molar-refractivity contribution in [3.8, 4) is 0 Å². The summed E-state index contributed by atoms with van der Waals surface area (Å²) in [5.41, 5.74) is 3.97. The van der Waals surface area contributed by atoms with Crippen molar-refractivity contribution in [3.05, 3.63) is 34.9 Å². The van der Waals surface area contributed by atoms with Crippen LogP contribution in [-0.4, -0.2) is 19.2 Å². The summed E-state index contributed by atoms with van der Waals surface area (Å²) in [6.07, 6.45) is 0.526. The molecule has 82 valence electrons. The molecule has 2 heteroatoms. The van der Waals surface area contributed by atoms with E-state index in [2.05, 4.69) is 44.3 Å². The number of hydrogen-bond acceptors (Lipinski definition) is 2. The van der Waals surface area contributed by atoms with Gasteiger partial charge in [0.25, 0.3) is 0 Å². The van der Waals surface area contributed by atoms with Gasteiger partial charge in [-0.25, -0.2) is 0 Å². The van der Waals surface area contributed by atoms with E-state index < -0.39 is 0 Å². The molecule has 1 aliphatic heterocycles. The van der Waals surface area contributed by atoms with Gasteiger partial charge in [0.2, 0.25) is 0 Å². The van der Waals surface area contributed by atoms with Crippen molar-refractivity contribution in [1.82, 2.24) is 5.32 Å². The highest BCUT2D eigenvalue weighted by molar-refractivity contribution is 5.31. The predicted octanol–water partition coefficient (Wildman–Crippen LogP) is 2.35. The first kappa shape index (κ1) is 10.7. The Hall–Kier alpha value is -0.860. The summed E-state index contributed by atoms with van der Waals surface area (Å²) >= 11 is 0. The number of rotatable bonds is 1. The molecular weight excluding hydrogens is 186 g/mol. The zero-order valence-electron chi connectivity index (χ0n) is 9.71. The van der Waals surface area contributed by atoms with Crippen molar-refractivity contribution in [2.45, 2.75) is 33.0 Å². The highest BCUT2D eigenvalue weighted by Crippen LogP contribution is 2.23. The van der Waals surface area contributed by atoms with Crippen molar-refractivity contribution in [2.75, 3.05) is 13.1 Å². The van der Waals surface area contributed by atoms with E-state index in [0.717, 1.165) is 13.1 Å². The van der Waals surface area contributed by atoms with E-state index in [1.54, 1.807) is 0 Å². The van der Waals surface area contributed by atoms with Gasteiger partial charge in [-0.05, 0) is 37.5 Å². The zero-order valence-corrected chi connectivity index (χ0v) is 9.71. The van der Waals surface area contributed by atoms with Crippen LogP contribution >= 0.6 is 0 Å². The van der Waals surface area contributed by atoms with Gasteiger partial charge in [-0.1, -0.05) is 18.2 Å². The summed E-state index contributed by atoms with van der Waals surface area (Å²) in [5.74, 6) is 0. The van der Waals surface area contributed by atoms with Crippen LogP contribution in [0.4, 0.5) is 0 Å². The Balaban J connectivity index is 2.18. The van der Waals surface area contributed by atoms with Gasteiger partial charge in [0, 0.05) is 13.1 Å². The second kappa shape index (κ2) is 4.33. The second-order valence-electron chi connectivity index (χ2n) is 4.44. The number of hydrogen-bond donors (Lipinski definition) is 1. The van der Waals surface area contributed by atoms with Gasteiger partial charge in [-0.2, -0.15) is 0 Å². The van der Waals surface area contributed by atoms with Gasteiger partial charge in [-0.15, -0.1) is 0 Å². The topological polar surface area (TPSA) is 21.3 Å². The number of morpholine rings is 1. The van der Waals surface area contributed by atoms with Crippen molar-refractivity contribution in [3.63, 3.8) is 0 Å². The van der Waals surface area contributed by atoms with E-state index in [1.165, 1.54) is 16.7 Å². The minimum absolute atomic E-state index is 0.216. The average molecular weight is 205 g/mol. The molecule has 0 radical (unpaired) electrons. The van der Waals surface area contributed by atoms with Gasteiger partial charge in [0.05, 0.1) is 12.2 Å². The molecule has 15 heavy (non-hydrogen) atoms. The molecule has 0 amide bonds. The lowest BCUT2D eigenvalue weighted by molar-refractivity contribution is -0.0287. The Kier molecular flexibility index (Phi) is 3.08. The van der Waals surface area contributed by atoms with Crippen LogP contribution in [0, 0.1) is 13.8 Å². The minimum atomic E-state index is 0.216. The third-order valence-corrected chi connectivity index (χ3v) is 3.06. The second-order valence-corrected chi connectivity index (χ2v) is 4.44. The third-order valence-electron chi connectivity index (χ3n) is 3.06. The highest BCUT2D eigenvalue weighted by Gasteiger charge is 2.20. The summed E-state index contributed by atoms with van der Waals surface area (Å²) in [4.78, 5) is 0.